The van der Waals surface area contributed by atoms with Crippen molar-refractivity contribution in [2.75, 3.05) is 0 Å². The second kappa shape index (κ2) is 6.20. The second-order valence-corrected chi connectivity index (χ2v) is 6.39. The summed E-state index contributed by atoms with van der Waals surface area (Å²) in [4.78, 5) is 24.8. The Bertz CT molecular complexity index is 746. The molecule has 2 aromatic rings. The summed E-state index contributed by atoms with van der Waals surface area (Å²) < 4.78 is 7.23. The van der Waals surface area contributed by atoms with Gasteiger partial charge in [-0.3, -0.25) is 9.59 Å². The van der Waals surface area contributed by atoms with Crippen LogP contribution in [0.25, 0.3) is 0 Å². The molecule has 0 N–H and O–H groups in total. The van der Waals surface area contributed by atoms with Crippen molar-refractivity contribution >= 4 is 23.4 Å². The molecule has 1 aromatic heterocycles. The first-order chi connectivity index (χ1) is 11.0. The summed E-state index contributed by atoms with van der Waals surface area (Å²) in [5.41, 5.74) is 2.04. The highest BCUT2D eigenvalue weighted by atomic mass is 35.5. The summed E-state index contributed by atoms with van der Waals surface area (Å²) in [5, 5.41) is 0.596. The van der Waals surface area contributed by atoms with E-state index in [2.05, 4.69) is 0 Å². The van der Waals surface area contributed by atoms with Crippen molar-refractivity contribution in [1.29, 1.82) is 0 Å². The molecule has 2 heterocycles. The number of carbonyl (C=O) groups is 2. The lowest BCUT2D eigenvalue weighted by Crippen LogP contribution is -2.18. The van der Waals surface area contributed by atoms with E-state index in [9.17, 15) is 9.59 Å². The molecule has 4 nitrogen and oxygen atoms in total. The first-order valence-electron chi connectivity index (χ1n) is 7.67. The van der Waals surface area contributed by atoms with E-state index in [1.807, 2.05) is 24.5 Å². The first-order valence-corrected chi connectivity index (χ1v) is 8.05. The van der Waals surface area contributed by atoms with E-state index < -0.39 is 0 Å². The Hall–Kier alpha value is -2.07. The van der Waals surface area contributed by atoms with E-state index in [1.165, 1.54) is 0 Å². The lowest BCUT2D eigenvalue weighted by Gasteiger charge is -2.12. The van der Waals surface area contributed by atoms with Gasteiger partial charge in [0.1, 0.15) is 0 Å². The van der Waals surface area contributed by atoms with Crippen molar-refractivity contribution in [3.05, 3.63) is 58.4 Å². The Kier molecular flexibility index (Phi) is 4.26. The van der Waals surface area contributed by atoms with Gasteiger partial charge in [-0.25, -0.2) is 0 Å². The van der Waals surface area contributed by atoms with E-state index in [0.29, 0.717) is 29.2 Å². The number of fused-ring (bicyclic) bond motifs is 1. The molecule has 1 aromatic carbocycles. The van der Waals surface area contributed by atoms with Crippen LogP contribution in [0.4, 0.5) is 0 Å². The molecule has 120 valence electrons. The van der Waals surface area contributed by atoms with Gasteiger partial charge in [-0.05, 0) is 56.7 Å². The number of esters is 1. The molecule has 0 aliphatic carbocycles. The van der Waals surface area contributed by atoms with Crippen molar-refractivity contribution in [2.24, 2.45) is 0 Å². The topological polar surface area (TPSA) is 48.3 Å². The Morgan fingerprint density at radius 2 is 1.87 bits per heavy atom. The van der Waals surface area contributed by atoms with Gasteiger partial charge < -0.3 is 9.30 Å². The van der Waals surface area contributed by atoms with E-state index in [-0.39, 0.29) is 23.8 Å². The molecular formula is C18H18ClNO3. The third-order valence-electron chi connectivity index (χ3n) is 3.99. The van der Waals surface area contributed by atoms with Crippen LogP contribution in [0.2, 0.25) is 5.02 Å². The van der Waals surface area contributed by atoms with Crippen LogP contribution in [0.15, 0.2) is 36.4 Å². The zero-order chi connectivity index (χ0) is 16.6. The molecule has 1 atom stereocenters. The summed E-state index contributed by atoms with van der Waals surface area (Å²) in [6.07, 6.45) is 0.532. The SMILES string of the molecule is CC(C)OC(=O)C1CCn2c(C(=O)c3ccc(Cl)cc3)ccc21. The van der Waals surface area contributed by atoms with Crippen LogP contribution in [-0.4, -0.2) is 22.4 Å². The summed E-state index contributed by atoms with van der Waals surface area (Å²) >= 11 is 5.86. The fourth-order valence-corrected chi connectivity index (χ4v) is 3.07. The van der Waals surface area contributed by atoms with Gasteiger partial charge in [-0.15, -0.1) is 0 Å². The van der Waals surface area contributed by atoms with Gasteiger partial charge in [0.25, 0.3) is 0 Å². The third-order valence-corrected chi connectivity index (χ3v) is 4.24. The second-order valence-electron chi connectivity index (χ2n) is 5.96. The Labute approximate surface area is 140 Å². The maximum absolute atomic E-state index is 12.7. The zero-order valence-electron chi connectivity index (χ0n) is 13.1. The molecule has 0 radical (unpaired) electrons. The average Bonchev–Trinajstić information content (AvgIpc) is 3.07. The van der Waals surface area contributed by atoms with Crippen molar-refractivity contribution in [3.63, 3.8) is 0 Å². The highest BCUT2D eigenvalue weighted by Gasteiger charge is 2.33. The number of ether oxygens (including phenoxy) is 1. The number of rotatable bonds is 4. The van der Waals surface area contributed by atoms with Gasteiger partial charge in [-0.2, -0.15) is 0 Å². The standard InChI is InChI=1S/C18H18ClNO3/c1-11(2)23-18(22)14-9-10-20-15(14)7-8-16(20)17(21)12-3-5-13(19)6-4-12/h3-8,11,14H,9-10H2,1-2H3. The summed E-state index contributed by atoms with van der Waals surface area (Å²) in [6, 6.07) is 10.5. The van der Waals surface area contributed by atoms with Crippen LogP contribution >= 0.6 is 11.6 Å². The lowest BCUT2D eigenvalue weighted by molar-refractivity contribution is -0.149. The fraction of sp³-hybridized carbons (Fsp3) is 0.333. The minimum Gasteiger partial charge on any atom is -0.462 e. The minimum atomic E-state index is -0.288. The Morgan fingerprint density at radius 1 is 1.17 bits per heavy atom. The van der Waals surface area contributed by atoms with Gasteiger partial charge in [-0.1, -0.05) is 11.6 Å². The molecule has 0 fully saturated rings. The van der Waals surface area contributed by atoms with Crippen molar-refractivity contribution < 1.29 is 14.3 Å². The molecule has 1 aliphatic heterocycles. The number of hydrogen-bond donors (Lipinski definition) is 0. The third kappa shape index (κ3) is 3.04. The molecule has 0 bridgehead atoms. The number of ketones is 1. The first kappa shape index (κ1) is 15.8. The number of nitrogens with zero attached hydrogens (tertiary/aromatic N) is 1. The average molecular weight is 332 g/mol. The highest BCUT2D eigenvalue weighted by Crippen LogP contribution is 2.32. The van der Waals surface area contributed by atoms with Gasteiger partial charge in [0.05, 0.1) is 17.7 Å². The van der Waals surface area contributed by atoms with Crippen LogP contribution in [0.1, 0.15) is 47.9 Å². The van der Waals surface area contributed by atoms with Gasteiger partial charge in [0.2, 0.25) is 5.78 Å². The maximum Gasteiger partial charge on any atom is 0.315 e. The number of halogens is 1. The number of hydrogen-bond acceptors (Lipinski definition) is 3. The summed E-state index contributed by atoms with van der Waals surface area (Å²) in [5.74, 6) is -0.572. The predicted molar refractivity (Wildman–Crippen MR) is 87.9 cm³/mol. The summed E-state index contributed by atoms with van der Waals surface area (Å²) in [6.45, 7) is 4.32. The Balaban J connectivity index is 1.86. The normalized spacial score (nSPS) is 16.4. The largest absolute Gasteiger partial charge is 0.462 e. The summed E-state index contributed by atoms with van der Waals surface area (Å²) in [7, 11) is 0. The Morgan fingerprint density at radius 3 is 2.52 bits per heavy atom. The maximum atomic E-state index is 12.7. The van der Waals surface area contributed by atoms with Crippen molar-refractivity contribution in [3.8, 4) is 0 Å². The van der Waals surface area contributed by atoms with Gasteiger partial charge in [0, 0.05) is 22.8 Å². The molecule has 5 heteroatoms. The molecule has 0 saturated carbocycles. The highest BCUT2D eigenvalue weighted by molar-refractivity contribution is 6.30. The van der Waals surface area contributed by atoms with E-state index in [0.717, 1.165) is 5.69 Å². The van der Waals surface area contributed by atoms with E-state index >= 15 is 0 Å². The van der Waals surface area contributed by atoms with Crippen molar-refractivity contribution in [1.82, 2.24) is 4.57 Å². The molecule has 0 spiro atoms. The quantitative estimate of drug-likeness (QED) is 0.632. The van der Waals surface area contributed by atoms with Crippen molar-refractivity contribution in [2.45, 2.75) is 38.8 Å². The molecular weight excluding hydrogens is 314 g/mol. The molecule has 0 amide bonds. The van der Waals surface area contributed by atoms with Crippen LogP contribution in [-0.2, 0) is 16.1 Å². The molecule has 0 saturated heterocycles. The lowest BCUT2D eigenvalue weighted by atomic mass is 10.1. The number of benzene rings is 1. The minimum absolute atomic E-state index is 0.0641. The molecule has 1 aliphatic rings. The number of aromatic nitrogens is 1. The van der Waals surface area contributed by atoms with Crippen LogP contribution in [0, 0.1) is 0 Å². The van der Waals surface area contributed by atoms with Crippen LogP contribution < -0.4 is 0 Å². The van der Waals surface area contributed by atoms with Gasteiger partial charge in [0.15, 0.2) is 0 Å². The van der Waals surface area contributed by atoms with Crippen LogP contribution in [0.3, 0.4) is 0 Å². The molecule has 1 unspecified atom stereocenters. The zero-order valence-corrected chi connectivity index (χ0v) is 13.8. The van der Waals surface area contributed by atoms with Crippen LogP contribution in [0.5, 0.6) is 0 Å². The monoisotopic (exact) mass is 331 g/mol. The van der Waals surface area contributed by atoms with Gasteiger partial charge >= 0.3 is 5.97 Å². The number of carbonyl (C=O) groups excluding carboxylic acids is 2. The van der Waals surface area contributed by atoms with E-state index in [4.69, 9.17) is 16.3 Å². The molecule has 3 rings (SSSR count). The fourth-order valence-electron chi connectivity index (χ4n) is 2.94. The predicted octanol–water partition coefficient (Wildman–Crippen LogP) is 3.81. The molecule has 23 heavy (non-hydrogen) atoms. The smallest absolute Gasteiger partial charge is 0.315 e. The van der Waals surface area contributed by atoms with E-state index in [1.54, 1.807) is 30.3 Å².